The fourth-order valence-electron chi connectivity index (χ4n) is 8.40. The van der Waals surface area contributed by atoms with E-state index in [0.717, 1.165) is 33.1 Å². The van der Waals surface area contributed by atoms with E-state index >= 15 is 0 Å². The summed E-state index contributed by atoms with van der Waals surface area (Å²) in [4.78, 5) is 0. The first kappa shape index (κ1) is 26.6. The number of furan rings is 1. The first-order chi connectivity index (χ1) is 24.3. The smallest absolute Gasteiger partial charge is 0.143 e. The molecule has 11 aromatic rings. The van der Waals surface area contributed by atoms with Gasteiger partial charge in [-0.2, -0.15) is 0 Å². The Morgan fingerprint density at radius 1 is 0.245 bits per heavy atom. The van der Waals surface area contributed by atoms with Gasteiger partial charge < -0.3 is 4.42 Å². The van der Waals surface area contributed by atoms with Gasteiger partial charge in [-0.05, 0) is 88.1 Å². The van der Waals surface area contributed by atoms with Gasteiger partial charge in [-0.15, -0.1) is 0 Å². The molecule has 0 amide bonds. The van der Waals surface area contributed by atoms with Gasteiger partial charge in [0, 0.05) is 21.7 Å². The molecule has 0 aliphatic heterocycles. The Balaban J connectivity index is 1.08. The van der Waals surface area contributed by atoms with Crippen molar-refractivity contribution in [3.05, 3.63) is 170 Å². The summed E-state index contributed by atoms with van der Waals surface area (Å²) in [6.45, 7) is 0. The maximum absolute atomic E-state index is 6.95. The summed E-state index contributed by atoms with van der Waals surface area (Å²) in [6.07, 6.45) is 0. The third-order valence-corrected chi connectivity index (χ3v) is 10.6. The van der Waals surface area contributed by atoms with Crippen LogP contribution in [0.15, 0.2) is 174 Å². The monoisotopic (exact) mass is 620 g/mol. The largest absolute Gasteiger partial charge is 0.455 e. The van der Waals surface area contributed by atoms with Crippen molar-refractivity contribution >= 4 is 86.6 Å². The summed E-state index contributed by atoms with van der Waals surface area (Å²) in [6, 6.07) is 61.9. The van der Waals surface area contributed by atoms with Crippen LogP contribution in [-0.2, 0) is 0 Å². The van der Waals surface area contributed by atoms with Gasteiger partial charge in [0.2, 0.25) is 0 Å². The van der Waals surface area contributed by atoms with Crippen molar-refractivity contribution in [2.45, 2.75) is 0 Å². The van der Waals surface area contributed by atoms with Crippen LogP contribution in [0.25, 0.3) is 109 Å². The molecule has 11 rings (SSSR count). The highest BCUT2D eigenvalue weighted by molar-refractivity contribution is 6.32. The lowest BCUT2D eigenvalue weighted by molar-refractivity contribution is 0.674. The highest BCUT2D eigenvalue weighted by Gasteiger charge is 2.18. The minimum atomic E-state index is 0.930. The lowest BCUT2D eigenvalue weighted by Gasteiger charge is -2.12. The fraction of sp³-hybridized carbons (Fsp3) is 0. The minimum Gasteiger partial charge on any atom is -0.455 e. The molecule has 0 spiro atoms. The van der Waals surface area contributed by atoms with Crippen molar-refractivity contribution < 1.29 is 4.42 Å². The molecule has 0 atom stereocenters. The number of hydrogen-bond acceptors (Lipinski definition) is 1. The van der Waals surface area contributed by atoms with E-state index in [2.05, 4.69) is 170 Å². The maximum atomic E-state index is 6.95. The molecule has 1 heteroatoms. The Hall–Kier alpha value is -6.44. The molecule has 1 heterocycles. The normalized spacial score (nSPS) is 12.1. The number of hydrogen-bond donors (Lipinski definition) is 0. The highest BCUT2D eigenvalue weighted by atomic mass is 16.3. The topological polar surface area (TPSA) is 13.1 Å². The Morgan fingerprint density at radius 2 is 0.633 bits per heavy atom. The second kappa shape index (κ2) is 10.0. The molecule has 0 unspecified atom stereocenters. The average molecular weight is 621 g/mol. The van der Waals surface area contributed by atoms with E-state index < -0.39 is 0 Å². The maximum Gasteiger partial charge on any atom is 0.143 e. The summed E-state index contributed by atoms with van der Waals surface area (Å²) in [5, 5.41) is 17.5. The fourth-order valence-corrected chi connectivity index (χ4v) is 8.40. The Kier molecular flexibility index (Phi) is 5.45. The van der Waals surface area contributed by atoms with E-state index in [9.17, 15) is 0 Å². The summed E-state index contributed by atoms with van der Waals surface area (Å²) in [5.74, 6) is 0. The third-order valence-electron chi connectivity index (χ3n) is 10.6. The van der Waals surface area contributed by atoms with Gasteiger partial charge in [-0.25, -0.2) is 0 Å². The second-order valence-corrected chi connectivity index (χ2v) is 13.2. The first-order valence-electron chi connectivity index (χ1n) is 16.9. The van der Waals surface area contributed by atoms with Gasteiger partial charge in [0.25, 0.3) is 0 Å². The molecule has 0 N–H and O–H groups in total. The molecule has 0 fully saturated rings. The minimum absolute atomic E-state index is 0.930. The number of rotatable bonds is 2. The van der Waals surface area contributed by atoms with Gasteiger partial charge in [0.1, 0.15) is 11.2 Å². The van der Waals surface area contributed by atoms with Crippen molar-refractivity contribution in [2.24, 2.45) is 0 Å². The summed E-state index contributed by atoms with van der Waals surface area (Å²) in [7, 11) is 0. The molecule has 226 valence electrons. The Morgan fingerprint density at radius 3 is 1.24 bits per heavy atom. The molecule has 0 radical (unpaired) electrons. The van der Waals surface area contributed by atoms with E-state index in [1.165, 1.54) is 75.8 Å². The summed E-state index contributed by atoms with van der Waals surface area (Å²) < 4.78 is 6.95. The van der Waals surface area contributed by atoms with E-state index in [-0.39, 0.29) is 0 Å². The van der Waals surface area contributed by atoms with Crippen molar-refractivity contribution in [2.75, 3.05) is 0 Å². The van der Waals surface area contributed by atoms with E-state index in [1.807, 2.05) is 0 Å². The van der Waals surface area contributed by atoms with E-state index in [0.29, 0.717) is 0 Å². The summed E-state index contributed by atoms with van der Waals surface area (Å²) >= 11 is 0. The quantitative estimate of drug-likeness (QED) is 0.175. The van der Waals surface area contributed by atoms with Crippen LogP contribution in [0.5, 0.6) is 0 Å². The van der Waals surface area contributed by atoms with Crippen LogP contribution in [0, 0.1) is 0 Å². The molecule has 0 aliphatic rings. The van der Waals surface area contributed by atoms with Gasteiger partial charge in [-0.1, -0.05) is 158 Å². The number of benzene rings is 10. The zero-order chi connectivity index (χ0) is 32.1. The van der Waals surface area contributed by atoms with Gasteiger partial charge in [0.15, 0.2) is 0 Å². The molecule has 0 saturated carbocycles. The predicted molar refractivity (Wildman–Crippen MR) is 210 cm³/mol. The molecule has 0 saturated heterocycles. The lowest BCUT2D eigenvalue weighted by Crippen LogP contribution is -1.85. The molecular weight excluding hydrogens is 593 g/mol. The number of para-hydroxylation sites is 1. The Bertz CT molecular complexity index is 3070. The third kappa shape index (κ3) is 3.76. The molecule has 0 aliphatic carbocycles. The zero-order valence-electron chi connectivity index (χ0n) is 26.6. The zero-order valence-corrected chi connectivity index (χ0v) is 26.6. The molecule has 1 nitrogen and oxygen atoms in total. The van der Waals surface area contributed by atoms with Crippen molar-refractivity contribution in [3.8, 4) is 22.3 Å². The van der Waals surface area contributed by atoms with Crippen molar-refractivity contribution in [3.63, 3.8) is 0 Å². The molecule has 1 aromatic heterocycles. The van der Waals surface area contributed by atoms with Gasteiger partial charge >= 0.3 is 0 Å². The van der Waals surface area contributed by atoms with Crippen LogP contribution in [0.2, 0.25) is 0 Å². The second-order valence-electron chi connectivity index (χ2n) is 13.2. The molecule has 0 bridgehead atoms. The Labute approximate surface area is 282 Å². The summed E-state index contributed by atoms with van der Waals surface area (Å²) in [5.41, 5.74) is 6.55. The van der Waals surface area contributed by atoms with Crippen LogP contribution < -0.4 is 0 Å². The average Bonchev–Trinajstić information content (AvgIpc) is 3.57. The molecule has 10 aromatic carbocycles. The highest BCUT2D eigenvalue weighted by Crippen LogP contribution is 2.44. The SMILES string of the molecule is c1cc(-c2ccc(-c3ccc4c5ccccc5c5ccccc5c4c3)cc2)c2oc3c(ccc4c5ccccc5c5ccccc5c43)c2c1. The van der Waals surface area contributed by atoms with E-state index in [1.54, 1.807) is 0 Å². The van der Waals surface area contributed by atoms with E-state index in [4.69, 9.17) is 4.42 Å². The van der Waals surface area contributed by atoms with Crippen molar-refractivity contribution in [1.82, 2.24) is 0 Å². The van der Waals surface area contributed by atoms with Gasteiger partial charge in [0.05, 0.1) is 0 Å². The molecular formula is C48H28O. The standard InChI is InChI=1S/C48H28O/c1-2-12-35-33(10-1)34-11-4-6-16-39(34)45-28-31(24-25-40(35)45)29-20-22-30(23-21-29)32-18-9-19-43-44-27-26-42-38-15-5-3-13-36(38)37-14-7-8-17-41(37)46(42)48(44)49-47(32)43/h1-28H. The van der Waals surface area contributed by atoms with Crippen molar-refractivity contribution in [1.29, 1.82) is 0 Å². The predicted octanol–water partition coefficient (Wildman–Crippen LogP) is 13.8. The van der Waals surface area contributed by atoms with Gasteiger partial charge in [-0.3, -0.25) is 0 Å². The van der Waals surface area contributed by atoms with Crippen LogP contribution in [0.3, 0.4) is 0 Å². The van der Waals surface area contributed by atoms with Crippen LogP contribution in [0.1, 0.15) is 0 Å². The molecule has 49 heavy (non-hydrogen) atoms. The van der Waals surface area contributed by atoms with Crippen LogP contribution in [0.4, 0.5) is 0 Å². The van der Waals surface area contributed by atoms with Crippen LogP contribution >= 0.6 is 0 Å². The number of fused-ring (bicyclic) bond motifs is 16. The first-order valence-corrected chi connectivity index (χ1v) is 16.9. The van der Waals surface area contributed by atoms with Crippen LogP contribution in [-0.4, -0.2) is 0 Å². The lowest BCUT2D eigenvalue weighted by atomic mass is 9.91.